The second kappa shape index (κ2) is 9.87. The Labute approximate surface area is 291 Å². The van der Waals surface area contributed by atoms with E-state index in [1.54, 1.807) is 0 Å². The van der Waals surface area contributed by atoms with E-state index in [2.05, 4.69) is 173 Å². The zero-order valence-electron chi connectivity index (χ0n) is 27.5. The fourth-order valence-corrected chi connectivity index (χ4v) is 8.98. The maximum absolute atomic E-state index is 6.55. The van der Waals surface area contributed by atoms with E-state index in [4.69, 9.17) is 4.42 Å². The molecule has 3 heteroatoms. The van der Waals surface area contributed by atoms with Gasteiger partial charge in [-0.3, -0.25) is 0 Å². The summed E-state index contributed by atoms with van der Waals surface area (Å²) in [5.74, 6) is 0. The zero-order valence-corrected chi connectivity index (χ0v) is 27.5. The Bertz CT molecular complexity index is 3410. The van der Waals surface area contributed by atoms with Crippen LogP contribution in [0.5, 0.6) is 0 Å². The Balaban J connectivity index is 1.15. The van der Waals surface area contributed by atoms with Crippen molar-refractivity contribution >= 4 is 97.9 Å². The van der Waals surface area contributed by atoms with Gasteiger partial charge in [0, 0.05) is 43.7 Å². The molecule has 0 aliphatic rings. The van der Waals surface area contributed by atoms with Crippen LogP contribution in [0.3, 0.4) is 0 Å². The molecule has 3 nitrogen and oxygen atoms in total. The van der Waals surface area contributed by atoms with Gasteiger partial charge in [-0.05, 0) is 81.5 Å². The topological polar surface area (TPSA) is 23.0 Å². The van der Waals surface area contributed by atoms with Gasteiger partial charge in [-0.2, -0.15) is 0 Å². The summed E-state index contributed by atoms with van der Waals surface area (Å²) in [6, 6.07) is 61.7. The summed E-state index contributed by atoms with van der Waals surface area (Å²) in [6.07, 6.45) is 0. The molecule has 3 heterocycles. The number of aromatic nitrogens is 2. The lowest BCUT2D eigenvalue weighted by molar-refractivity contribution is 0.673. The normalized spacial score (nSPS) is 12.3. The molecule has 9 aromatic carbocycles. The van der Waals surface area contributed by atoms with E-state index in [-0.39, 0.29) is 0 Å². The average molecular weight is 649 g/mol. The molecule has 0 saturated heterocycles. The lowest BCUT2D eigenvalue weighted by Gasteiger charge is -2.15. The number of nitrogens with zero attached hydrogens (tertiary/aromatic N) is 2. The van der Waals surface area contributed by atoms with Crippen molar-refractivity contribution in [2.75, 3.05) is 0 Å². The lowest BCUT2D eigenvalue weighted by Crippen LogP contribution is -1.98. The monoisotopic (exact) mass is 648 g/mol. The first-order valence-electron chi connectivity index (χ1n) is 17.5. The molecule has 236 valence electrons. The minimum atomic E-state index is 0.917. The van der Waals surface area contributed by atoms with Gasteiger partial charge in [-0.25, -0.2) is 0 Å². The van der Waals surface area contributed by atoms with Crippen LogP contribution >= 0.6 is 0 Å². The van der Waals surface area contributed by atoms with Crippen molar-refractivity contribution < 1.29 is 4.42 Å². The maximum Gasteiger partial charge on any atom is 0.145 e. The molecule has 12 aromatic rings. The summed E-state index contributed by atoms with van der Waals surface area (Å²) in [5, 5.41) is 14.9. The van der Waals surface area contributed by atoms with E-state index >= 15 is 0 Å². The van der Waals surface area contributed by atoms with Crippen LogP contribution in [0.25, 0.3) is 109 Å². The van der Waals surface area contributed by atoms with Crippen LogP contribution in [0.1, 0.15) is 0 Å². The average Bonchev–Trinajstić information content (AvgIpc) is 3.86. The molecule has 51 heavy (non-hydrogen) atoms. The number of furan rings is 1. The Morgan fingerprint density at radius 3 is 1.63 bits per heavy atom. The van der Waals surface area contributed by atoms with Crippen LogP contribution in [-0.4, -0.2) is 9.13 Å². The molecule has 0 aliphatic carbocycles. The summed E-state index contributed by atoms with van der Waals surface area (Å²) in [6.45, 7) is 0. The first-order chi connectivity index (χ1) is 25.3. The molecule has 0 unspecified atom stereocenters. The van der Waals surface area contributed by atoms with Gasteiger partial charge < -0.3 is 13.6 Å². The molecule has 0 aliphatic heterocycles. The van der Waals surface area contributed by atoms with Gasteiger partial charge in [-0.1, -0.05) is 115 Å². The molecule has 0 spiro atoms. The van der Waals surface area contributed by atoms with E-state index in [0.717, 1.165) is 49.7 Å². The fourth-order valence-electron chi connectivity index (χ4n) is 8.98. The van der Waals surface area contributed by atoms with E-state index < -0.39 is 0 Å². The Kier molecular flexibility index (Phi) is 5.23. The molecule has 12 rings (SSSR count). The highest BCUT2D eigenvalue weighted by Crippen LogP contribution is 2.45. The summed E-state index contributed by atoms with van der Waals surface area (Å²) in [7, 11) is 0. The number of para-hydroxylation sites is 3. The summed E-state index contributed by atoms with van der Waals surface area (Å²) in [4.78, 5) is 0. The third-order valence-corrected chi connectivity index (χ3v) is 11.1. The summed E-state index contributed by atoms with van der Waals surface area (Å²) in [5.41, 5.74) is 8.85. The molecule has 0 fully saturated rings. The predicted octanol–water partition coefficient (Wildman–Crippen LogP) is 13.2. The summed E-state index contributed by atoms with van der Waals surface area (Å²) < 4.78 is 11.4. The largest absolute Gasteiger partial charge is 0.455 e. The molecule has 3 aromatic heterocycles. The van der Waals surface area contributed by atoms with Gasteiger partial charge in [0.2, 0.25) is 0 Å². The molecule has 0 radical (unpaired) electrons. The molecular formula is C48H28N2O. The highest BCUT2D eigenvalue weighted by Gasteiger charge is 2.21. The quantitative estimate of drug-likeness (QED) is 0.171. The van der Waals surface area contributed by atoms with Crippen molar-refractivity contribution in [3.8, 4) is 11.4 Å². The number of fused-ring (bicyclic) bond motifs is 17. The second-order valence-electron chi connectivity index (χ2n) is 13.6. The highest BCUT2D eigenvalue weighted by molar-refractivity contribution is 6.36. The highest BCUT2D eigenvalue weighted by atomic mass is 16.3. The smallest absolute Gasteiger partial charge is 0.145 e. The molecule has 0 saturated carbocycles. The van der Waals surface area contributed by atoms with Gasteiger partial charge in [0.1, 0.15) is 11.2 Å². The minimum Gasteiger partial charge on any atom is -0.455 e. The van der Waals surface area contributed by atoms with E-state index in [0.29, 0.717) is 0 Å². The maximum atomic E-state index is 6.55. The van der Waals surface area contributed by atoms with Gasteiger partial charge >= 0.3 is 0 Å². The molecule has 0 bridgehead atoms. The van der Waals surface area contributed by atoms with Crippen LogP contribution < -0.4 is 0 Å². The van der Waals surface area contributed by atoms with E-state index in [9.17, 15) is 0 Å². The van der Waals surface area contributed by atoms with Crippen molar-refractivity contribution in [3.63, 3.8) is 0 Å². The number of benzene rings is 9. The van der Waals surface area contributed by atoms with Crippen LogP contribution in [0.15, 0.2) is 174 Å². The van der Waals surface area contributed by atoms with Crippen molar-refractivity contribution in [2.45, 2.75) is 0 Å². The SMILES string of the molecule is c1ccc2c(c1)ccc1c2c2ccccc2c2c3ccccc3n(-c3ccc(-n4c5ccccc5c5c6oc7ccccc7c6ccc54)cc3)c12. The Morgan fingerprint density at radius 2 is 0.863 bits per heavy atom. The van der Waals surface area contributed by atoms with E-state index in [1.165, 1.54) is 59.5 Å². The number of rotatable bonds is 2. The van der Waals surface area contributed by atoms with Gasteiger partial charge in [0.05, 0.1) is 27.5 Å². The van der Waals surface area contributed by atoms with Crippen LogP contribution in [0.2, 0.25) is 0 Å². The van der Waals surface area contributed by atoms with Gasteiger partial charge in [0.25, 0.3) is 0 Å². The Hall–Kier alpha value is -6.84. The van der Waals surface area contributed by atoms with Crippen molar-refractivity contribution in [1.29, 1.82) is 0 Å². The summed E-state index contributed by atoms with van der Waals surface area (Å²) >= 11 is 0. The first-order valence-corrected chi connectivity index (χ1v) is 17.5. The number of hydrogen-bond donors (Lipinski definition) is 0. The molecule has 0 atom stereocenters. The van der Waals surface area contributed by atoms with Gasteiger partial charge in [-0.15, -0.1) is 0 Å². The second-order valence-corrected chi connectivity index (χ2v) is 13.6. The number of hydrogen-bond acceptors (Lipinski definition) is 1. The standard InChI is InChI=1S/C48H28N2O/c1-2-12-32-29(11-1)21-26-39-44(32)34-14-3-4-15-35(34)45-37-16-5-9-19-41(37)50(47(39)45)31-24-22-30(23-25-31)49-40-18-8-6-17-38(40)46-42(49)28-27-36-33-13-7-10-20-43(33)51-48(36)46/h1-28H. The van der Waals surface area contributed by atoms with Crippen LogP contribution in [0, 0.1) is 0 Å². The van der Waals surface area contributed by atoms with Crippen molar-refractivity contribution in [1.82, 2.24) is 9.13 Å². The van der Waals surface area contributed by atoms with E-state index in [1.807, 2.05) is 6.07 Å². The first kappa shape index (κ1) is 27.0. The predicted molar refractivity (Wildman–Crippen MR) is 215 cm³/mol. The minimum absolute atomic E-state index is 0.917. The fraction of sp³-hybridized carbons (Fsp3) is 0. The lowest BCUT2D eigenvalue weighted by atomic mass is 9.93. The Morgan fingerprint density at radius 1 is 0.314 bits per heavy atom. The molecule has 0 amide bonds. The molecule has 0 N–H and O–H groups in total. The van der Waals surface area contributed by atoms with Crippen molar-refractivity contribution in [2.24, 2.45) is 0 Å². The van der Waals surface area contributed by atoms with Crippen LogP contribution in [0.4, 0.5) is 0 Å². The van der Waals surface area contributed by atoms with Gasteiger partial charge in [0.15, 0.2) is 0 Å². The zero-order chi connectivity index (χ0) is 33.2. The molecular weight excluding hydrogens is 621 g/mol. The van der Waals surface area contributed by atoms with Crippen molar-refractivity contribution in [3.05, 3.63) is 170 Å². The van der Waals surface area contributed by atoms with Crippen LogP contribution in [-0.2, 0) is 0 Å². The third-order valence-electron chi connectivity index (χ3n) is 11.1. The third kappa shape index (κ3) is 3.52.